The summed E-state index contributed by atoms with van der Waals surface area (Å²) in [5.74, 6) is 0. The van der Waals surface area contributed by atoms with Crippen molar-refractivity contribution in [1.82, 2.24) is 15.6 Å². The van der Waals surface area contributed by atoms with Crippen LogP contribution in [0.3, 0.4) is 0 Å². The molecule has 0 spiro atoms. The number of rotatable bonds is 6. The van der Waals surface area contributed by atoms with E-state index in [-0.39, 0.29) is 0 Å². The van der Waals surface area contributed by atoms with Gasteiger partial charge in [-0.3, -0.25) is 4.98 Å². The minimum Gasteiger partial charge on any atom is -0.314 e. The Kier molecular flexibility index (Phi) is 5.80. The van der Waals surface area contributed by atoms with Crippen LogP contribution in [0.25, 0.3) is 0 Å². The highest BCUT2D eigenvalue weighted by atomic mass is 15.0. The number of hydrogen-bond donors (Lipinski definition) is 2. The zero-order valence-electron chi connectivity index (χ0n) is 12.3. The largest absolute Gasteiger partial charge is 0.314 e. The first-order chi connectivity index (χ1) is 9.29. The van der Waals surface area contributed by atoms with Gasteiger partial charge in [-0.05, 0) is 50.8 Å². The summed E-state index contributed by atoms with van der Waals surface area (Å²) in [5, 5.41) is 7.23. The van der Waals surface area contributed by atoms with Crippen LogP contribution >= 0.6 is 0 Å². The van der Waals surface area contributed by atoms with E-state index in [1.807, 2.05) is 12.3 Å². The lowest BCUT2D eigenvalue weighted by Crippen LogP contribution is -2.39. The Morgan fingerprint density at radius 2 is 2.37 bits per heavy atom. The molecule has 1 aliphatic heterocycles. The van der Waals surface area contributed by atoms with E-state index in [0.29, 0.717) is 12.1 Å². The van der Waals surface area contributed by atoms with Gasteiger partial charge >= 0.3 is 0 Å². The van der Waals surface area contributed by atoms with E-state index < -0.39 is 0 Å². The van der Waals surface area contributed by atoms with Gasteiger partial charge in [0.1, 0.15) is 0 Å². The van der Waals surface area contributed by atoms with Gasteiger partial charge in [-0.1, -0.05) is 19.4 Å². The van der Waals surface area contributed by atoms with Crippen molar-refractivity contribution in [3.05, 3.63) is 29.6 Å². The number of pyridine rings is 1. The molecule has 106 valence electrons. The quantitative estimate of drug-likeness (QED) is 0.826. The summed E-state index contributed by atoms with van der Waals surface area (Å²) in [6.45, 7) is 6.55. The fourth-order valence-electron chi connectivity index (χ4n) is 2.86. The average molecular weight is 261 g/mol. The molecular weight excluding hydrogens is 234 g/mol. The van der Waals surface area contributed by atoms with Gasteiger partial charge in [0.2, 0.25) is 0 Å². The first-order valence-electron chi connectivity index (χ1n) is 7.69. The van der Waals surface area contributed by atoms with E-state index in [1.165, 1.54) is 43.5 Å². The van der Waals surface area contributed by atoms with E-state index in [1.54, 1.807) is 0 Å². The SMILES string of the molecule is CCc1cccnc1CNC(C)CC1CCCCN1. The Morgan fingerprint density at radius 1 is 1.47 bits per heavy atom. The molecule has 2 atom stereocenters. The van der Waals surface area contributed by atoms with Gasteiger partial charge in [-0.15, -0.1) is 0 Å². The maximum Gasteiger partial charge on any atom is 0.0573 e. The van der Waals surface area contributed by atoms with E-state index in [0.717, 1.165) is 13.0 Å². The lowest BCUT2D eigenvalue weighted by Gasteiger charge is -2.26. The number of aromatic nitrogens is 1. The molecule has 2 rings (SSSR count). The number of hydrogen-bond acceptors (Lipinski definition) is 3. The van der Waals surface area contributed by atoms with Gasteiger partial charge in [0.05, 0.1) is 5.69 Å². The Bertz CT molecular complexity index is 372. The van der Waals surface area contributed by atoms with E-state index in [9.17, 15) is 0 Å². The smallest absolute Gasteiger partial charge is 0.0573 e. The molecule has 19 heavy (non-hydrogen) atoms. The van der Waals surface area contributed by atoms with Crippen molar-refractivity contribution < 1.29 is 0 Å². The second-order valence-electron chi connectivity index (χ2n) is 5.63. The van der Waals surface area contributed by atoms with Crippen LogP contribution in [-0.2, 0) is 13.0 Å². The van der Waals surface area contributed by atoms with Crippen LogP contribution in [0, 0.1) is 0 Å². The zero-order chi connectivity index (χ0) is 13.5. The summed E-state index contributed by atoms with van der Waals surface area (Å²) in [6, 6.07) is 5.45. The first-order valence-corrected chi connectivity index (χ1v) is 7.69. The van der Waals surface area contributed by atoms with Crippen molar-refractivity contribution in [3.63, 3.8) is 0 Å². The predicted molar refractivity (Wildman–Crippen MR) is 80.2 cm³/mol. The fourth-order valence-corrected chi connectivity index (χ4v) is 2.86. The topological polar surface area (TPSA) is 37.0 Å². The molecule has 0 saturated carbocycles. The minimum absolute atomic E-state index is 0.544. The third-order valence-electron chi connectivity index (χ3n) is 4.03. The average Bonchev–Trinajstić information content (AvgIpc) is 2.46. The highest BCUT2D eigenvalue weighted by Crippen LogP contribution is 2.12. The summed E-state index contributed by atoms with van der Waals surface area (Å²) in [5.41, 5.74) is 2.56. The van der Waals surface area contributed by atoms with Crippen LogP contribution in [0.2, 0.25) is 0 Å². The summed E-state index contributed by atoms with van der Waals surface area (Å²) < 4.78 is 0. The second-order valence-corrected chi connectivity index (χ2v) is 5.63. The van der Waals surface area contributed by atoms with Gasteiger partial charge in [0.15, 0.2) is 0 Å². The van der Waals surface area contributed by atoms with E-state index >= 15 is 0 Å². The Balaban J connectivity index is 1.77. The molecule has 0 aliphatic carbocycles. The molecule has 0 amide bonds. The minimum atomic E-state index is 0.544. The summed E-state index contributed by atoms with van der Waals surface area (Å²) in [6.07, 6.45) is 8.22. The van der Waals surface area contributed by atoms with Crippen LogP contribution in [0.15, 0.2) is 18.3 Å². The van der Waals surface area contributed by atoms with Gasteiger partial charge in [-0.25, -0.2) is 0 Å². The lowest BCUT2D eigenvalue weighted by molar-refractivity contribution is 0.344. The molecule has 1 aromatic heterocycles. The van der Waals surface area contributed by atoms with Crippen molar-refractivity contribution in [3.8, 4) is 0 Å². The fraction of sp³-hybridized carbons (Fsp3) is 0.688. The maximum atomic E-state index is 4.49. The number of piperidine rings is 1. The second kappa shape index (κ2) is 7.61. The molecule has 3 heteroatoms. The first kappa shape index (κ1) is 14.5. The molecule has 1 fully saturated rings. The Hall–Kier alpha value is -0.930. The molecule has 0 aromatic carbocycles. The number of nitrogens with zero attached hydrogens (tertiary/aromatic N) is 1. The Morgan fingerprint density at radius 3 is 3.11 bits per heavy atom. The standard InChI is InChI=1S/C16H27N3/c1-3-14-7-6-10-18-16(14)12-19-13(2)11-15-8-4-5-9-17-15/h6-7,10,13,15,17,19H,3-5,8-9,11-12H2,1-2H3. The molecule has 3 nitrogen and oxygen atoms in total. The monoisotopic (exact) mass is 261 g/mol. The van der Waals surface area contributed by atoms with Gasteiger partial charge < -0.3 is 10.6 Å². The molecular formula is C16H27N3. The number of nitrogens with one attached hydrogen (secondary N) is 2. The van der Waals surface area contributed by atoms with Gasteiger partial charge in [-0.2, -0.15) is 0 Å². The van der Waals surface area contributed by atoms with Crippen molar-refractivity contribution in [2.45, 2.75) is 64.6 Å². The molecule has 2 heterocycles. The Labute approximate surface area is 117 Å². The summed E-state index contributed by atoms with van der Waals surface area (Å²) in [4.78, 5) is 4.49. The molecule has 1 aliphatic rings. The van der Waals surface area contributed by atoms with Gasteiger partial charge in [0.25, 0.3) is 0 Å². The molecule has 0 bridgehead atoms. The zero-order valence-corrected chi connectivity index (χ0v) is 12.3. The van der Waals surface area contributed by atoms with Crippen LogP contribution in [-0.4, -0.2) is 23.6 Å². The molecule has 2 N–H and O–H groups in total. The van der Waals surface area contributed by atoms with Crippen molar-refractivity contribution >= 4 is 0 Å². The molecule has 2 unspecified atom stereocenters. The third-order valence-corrected chi connectivity index (χ3v) is 4.03. The van der Waals surface area contributed by atoms with Crippen molar-refractivity contribution in [1.29, 1.82) is 0 Å². The van der Waals surface area contributed by atoms with E-state index in [4.69, 9.17) is 0 Å². The van der Waals surface area contributed by atoms with Crippen molar-refractivity contribution in [2.75, 3.05) is 6.54 Å². The number of aryl methyl sites for hydroxylation is 1. The summed E-state index contributed by atoms with van der Waals surface area (Å²) in [7, 11) is 0. The van der Waals surface area contributed by atoms with Crippen LogP contribution in [0.4, 0.5) is 0 Å². The molecule has 1 saturated heterocycles. The highest BCUT2D eigenvalue weighted by molar-refractivity contribution is 5.19. The van der Waals surface area contributed by atoms with E-state index in [2.05, 4.69) is 35.5 Å². The van der Waals surface area contributed by atoms with Gasteiger partial charge in [0, 0.05) is 24.8 Å². The molecule has 0 radical (unpaired) electrons. The maximum absolute atomic E-state index is 4.49. The molecule has 1 aromatic rings. The van der Waals surface area contributed by atoms with Crippen LogP contribution in [0.5, 0.6) is 0 Å². The van der Waals surface area contributed by atoms with Crippen LogP contribution in [0.1, 0.15) is 50.8 Å². The van der Waals surface area contributed by atoms with Crippen LogP contribution < -0.4 is 10.6 Å². The third kappa shape index (κ3) is 4.59. The summed E-state index contributed by atoms with van der Waals surface area (Å²) >= 11 is 0. The lowest BCUT2D eigenvalue weighted by atomic mass is 9.98. The predicted octanol–water partition coefficient (Wildman–Crippen LogP) is 2.65. The highest BCUT2D eigenvalue weighted by Gasteiger charge is 2.15. The van der Waals surface area contributed by atoms with Crippen molar-refractivity contribution in [2.24, 2.45) is 0 Å². The normalized spacial score (nSPS) is 21.3.